The molecule has 2 aromatic rings. The molecule has 0 N–H and O–H groups in total. The maximum absolute atomic E-state index is 13.5. The van der Waals surface area contributed by atoms with E-state index < -0.39 is 0 Å². The highest BCUT2D eigenvalue weighted by Crippen LogP contribution is 2.29. The molecule has 19 heavy (non-hydrogen) atoms. The fourth-order valence-electron chi connectivity index (χ4n) is 2.87. The zero-order valence-corrected chi connectivity index (χ0v) is 11.7. The Morgan fingerprint density at radius 3 is 2.79 bits per heavy atom. The van der Waals surface area contributed by atoms with Crippen LogP contribution >= 0.6 is 11.6 Å². The molecule has 0 amide bonds. The van der Waals surface area contributed by atoms with Crippen LogP contribution in [0.5, 0.6) is 0 Å². The van der Waals surface area contributed by atoms with E-state index in [1.807, 2.05) is 0 Å². The van der Waals surface area contributed by atoms with E-state index in [1.54, 1.807) is 12.1 Å². The van der Waals surface area contributed by atoms with Gasteiger partial charge < -0.3 is 9.47 Å². The number of aromatic nitrogens is 2. The third-order valence-electron chi connectivity index (χ3n) is 3.90. The predicted molar refractivity (Wildman–Crippen MR) is 75.0 cm³/mol. The van der Waals surface area contributed by atoms with Gasteiger partial charge in [0.05, 0.1) is 16.9 Å². The summed E-state index contributed by atoms with van der Waals surface area (Å²) in [7, 11) is 2.13. The quantitative estimate of drug-likeness (QED) is 0.789. The van der Waals surface area contributed by atoms with Gasteiger partial charge in [-0.05, 0) is 51.2 Å². The summed E-state index contributed by atoms with van der Waals surface area (Å²) < 4.78 is 15.6. The summed E-state index contributed by atoms with van der Waals surface area (Å²) in [6, 6.07) is 5.12. The largest absolute Gasteiger partial charge is 0.324 e. The summed E-state index contributed by atoms with van der Waals surface area (Å²) in [6.45, 7) is 2.11. The van der Waals surface area contributed by atoms with Gasteiger partial charge in [-0.15, -0.1) is 11.6 Å². The van der Waals surface area contributed by atoms with Crippen LogP contribution in [0.4, 0.5) is 4.39 Å². The molecule has 0 unspecified atom stereocenters. The van der Waals surface area contributed by atoms with E-state index in [1.165, 1.54) is 6.07 Å². The van der Waals surface area contributed by atoms with Gasteiger partial charge in [0, 0.05) is 6.04 Å². The Bertz CT molecular complexity index is 588. The van der Waals surface area contributed by atoms with Gasteiger partial charge in [-0.25, -0.2) is 9.37 Å². The Hall–Kier alpha value is -1.13. The smallest absolute Gasteiger partial charge is 0.125 e. The molecule has 1 aromatic carbocycles. The zero-order chi connectivity index (χ0) is 13.4. The summed E-state index contributed by atoms with van der Waals surface area (Å²) in [6.07, 6.45) is 2.12. The summed E-state index contributed by atoms with van der Waals surface area (Å²) in [5.41, 5.74) is 1.70. The molecule has 0 atom stereocenters. The molecular weight excluding hydrogens is 265 g/mol. The normalized spacial score (nSPS) is 18.3. The maximum Gasteiger partial charge on any atom is 0.125 e. The third kappa shape index (κ3) is 2.35. The molecule has 3 rings (SSSR count). The Kier molecular flexibility index (Phi) is 3.46. The highest BCUT2D eigenvalue weighted by atomic mass is 35.5. The van der Waals surface area contributed by atoms with Crippen molar-refractivity contribution < 1.29 is 4.39 Å². The van der Waals surface area contributed by atoms with Crippen LogP contribution in [0.3, 0.4) is 0 Å². The van der Waals surface area contributed by atoms with Gasteiger partial charge in [-0.2, -0.15) is 0 Å². The summed E-state index contributed by atoms with van der Waals surface area (Å²) in [4.78, 5) is 6.83. The van der Waals surface area contributed by atoms with Crippen LogP contribution in [-0.4, -0.2) is 34.6 Å². The van der Waals surface area contributed by atoms with E-state index in [4.69, 9.17) is 11.6 Å². The van der Waals surface area contributed by atoms with Crippen molar-refractivity contribution in [3.05, 3.63) is 29.8 Å². The van der Waals surface area contributed by atoms with Crippen molar-refractivity contribution in [1.29, 1.82) is 0 Å². The Morgan fingerprint density at radius 1 is 1.37 bits per heavy atom. The molecule has 1 aliphatic heterocycles. The molecule has 1 aliphatic rings. The van der Waals surface area contributed by atoms with Crippen molar-refractivity contribution in [1.82, 2.24) is 14.5 Å². The number of hydrogen-bond acceptors (Lipinski definition) is 2. The van der Waals surface area contributed by atoms with Crippen molar-refractivity contribution in [2.75, 3.05) is 20.1 Å². The fourth-order valence-corrected chi connectivity index (χ4v) is 3.06. The number of halogens is 2. The summed E-state index contributed by atoms with van der Waals surface area (Å²) in [5.74, 6) is 0.988. The number of fused-ring (bicyclic) bond motifs is 1. The predicted octanol–water partition coefficient (Wildman–Crippen LogP) is 3.18. The highest BCUT2D eigenvalue weighted by Gasteiger charge is 2.22. The number of imidazole rings is 1. The first-order valence-corrected chi connectivity index (χ1v) is 7.13. The molecule has 1 aromatic heterocycles. The second-order valence-corrected chi connectivity index (χ2v) is 5.47. The van der Waals surface area contributed by atoms with E-state index in [0.717, 1.165) is 42.8 Å². The molecule has 0 bridgehead atoms. The Balaban J connectivity index is 2.07. The monoisotopic (exact) mass is 281 g/mol. The minimum absolute atomic E-state index is 0.220. The van der Waals surface area contributed by atoms with Crippen LogP contribution in [0.2, 0.25) is 0 Å². The Morgan fingerprint density at radius 2 is 2.11 bits per heavy atom. The van der Waals surface area contributed by atoms with E-state index in [-0.39, 0.29) is 5.82 Å². The number of hydrogen-bond donors (Lipinski definition) is 0. The molecular formula is C14H17ClFN3. The third-order valence-corrected chi connectivity index (χ3v) is 4.14. The van der Waals surface area contributed by atoms with Crippen LogP contribution < -0.4 is 0 Å². The molecule has 0 spiro atoms. The molecule has 102 valence electrons. The molecule has 0 aliphatic carbocycles. The molecule has 5 heteroatoms. The Labute approximate surface area is 117 Å². The standard InChI is InChI=1S/C14H17ClFN3/c1-18-6-4-11(5-7-18)19-13-8-10(16)2-3-12(13)17-14(19)9-15/h2-3,8,11H,4-7,9H2,1H3. The lowest BCUT2D eigenvalue weighted by molar-refractivity contribution is 0.222. The highest BCUT2D eigenvalue weighted by molar-refractivity contribution is 6.16. The van der Waals surface area contributed by atoms with Crippen LogP contribution in [-0.2, 0) is 5.88 Å². The van der Waals surface area contributed by atoms with E-state index in [9.17, 15) is 4.39 Å². The van der Waals surface area contributed by atoms with Gasteiger partial charge >= 0.3 is 0 Å². The van der Waals surface area contributed by atoms with Crippen molar-refractivity contribution >= 4 is 22.6 Å². The molecule has 0 radical (unpaired) electrons. The van der Waals surface area contributed by atoms with Gasteiger partial charge in [-0.3, -0.25) is 0 Å². The van der Waals surface area contributed by atoms with E-state index in [2.05, 4.69) is 21.5 Å². The van der Waals surface area contributed by atoms with Gasteiger partial charge in [0.15, 0.2) is 0 Å². The summed E-state index contributed by atoms with van der Waals surface area (Å²) >= 11 is 6.00. The first kappa shape index (κ1) is 12.9. The lowest BCUT2D eigenvalue weighted by Crippen LogP contribution is -2.32. The van der Waals surface area contributed by atoms with Crippen LogP contribution in [0.15, 0.2) is 18.2 Å². The number of alkyl halides is 1. The zero-order valence-electron chi connectivity index (χ0n) is 10.9. The van der Waals surface area contributed by atoms with Gasteiger partial charge in [0.2, 0.25) is 0 Å². The lowest BCUT2D eigenvalue weighted by atomic mass is 10.0. The van der Waals surface area contributed by atoms with E-state index in [0.29, 0.717) is 11.9 Å². The maximum atomic E-state index is 13.5. The number of nitrogens with zero attached hydrogens (tertiary/aromatic N) is 3. The first-order valence-electron chi connectivity index (χ1n) is 6.60. The van der Waals surface area contributed by atoms with Crippen LogP contribution in [0.1, 0.15) is 24.7 Å². The number of piperidine rings is 1. The molecule has 1 fully saturated rings. The second-order valence-electron chi connectivity index (χ2n) is 5.20. The molecule has 0 saturated carbocycles. The number of benzene rings is 1. The van der Waals surface area contributed by atoms with Crippen molar-refractivity contribution in [3.63, 3.8) is 0 Å². The average Bonchev–Trinajstić information content (AvgIpc) is 2.77. The van der Waals surface area contributed by atoms with E-state index >= 15 is 0 Å². The van der Waals surface area contributed by atoms with Crippen LogP contribution in [0, 0.1) is 5.82 Å². The number of likely N-dealkylation sites (tertiary alicyclic amines) is 1. The van der Waals surface area contributed by atoms with Crippen LogP contribution in [0.25, 0.3) is 11.0 Å². The van der Waals surface area contributed by atoms with Gasteiger partial charge in [0.1, 0.15) is 11.6 Å². The molecule has 2 heterocycles. The van der Waals surface area contributed by atoms with Crippen molar-refractivity contribution in [2.24, 2.45) is 0 Å². The minimum Gasteiger partial charge on any atom is -0.324 e. The lowest BCUT2D eigenvalue weighted by Gasteiger charge is -2.31. The number of rotatable bonds is 2. The average molecular weight is 282 g/mol. The van der Waals surface area contributed by atoms with Crippen molar-refractivity contribution in [3.8, 4) is 0 Å². The van der Waals surface area contributed by atoms with Crippen molar-refractivity contribution in [2.45, 2.75) is 24.8 Å². The molecule has 1 saturated heterocycles. The van der Waals surface area contributed by atoms with Gasteiger partial charge in [0.25, 0.3) is 0 Å². The minimum atomic E-state index is -0.220. The fraction of sp³-hybridized carbons (Fsp3) is 0.500. The second kappa shape index (κ2) is 5.10. The van der Waals surface area contributed by atoms with Gasteiger partial charge in [-0.1, -0.05) is 0 Å². The SMILES string of the molecule is CN1CCC(n2c(CCl)nc3ccc(F)cc32)CC1. The topological polar surface area (TPSA) is 21.1 Å². The first-order chi connectivity index (χ1) is 9.19. The molecule has 3 nitrogen and oxygen atoms in total. The summed E-state index contributed by atoms with van der Waals surface area (Å²) in [5, 5.41) is 0.